The Balaban J connectivity index is 1.46. The summed E-state index contributed by atoms with van der Waals surface area (Å²) in [6, 6.07) is 23.4. The van der Waals surface area contributed by atoms with Crippen LogP contribution < -0.4 is 4.74 Å². The van der Waals surface area contributed by atoms with E-state index in [0.29, 0.717) is 27.5 Å². The molecule has 172 valence electrons. The molecule has 0 aliphatic heterocycles. The molecule has 1 heterocycles. The second-order valence-corrected chi connectivity index (χ2v) is 8.43. The molecule has 2 N–H and O–H groups in total. The van der Waals surface area contributed by atoms with E-state index in [1.54, 1.807) is 37.3 Å². The summed E-state index contributed by atoms with van der Waals surface area (Å²) in [5.41, 5.74) is 5.90. The number of rotatable bonds is 6. The summed E-state index contributed by atoms with van der Waals surface area (Å²) >= 11 is 6.58. The van der Waals surface area contributed by atoms with E-state index in [4.69, 9.17) is 16.3 Å². The number of nitrogens with one attached hydrogen (secondary N) is 1. The number of halogens is 1. The molecule has 0 saturated carbocycles. The zero-order valence-electron chi connectivity index (χ0n) is 18.4. The maximum absolute atomic E-state index is 11.3. The van der Waals surface area contributed by atoms with Crippen LogP contribution in [0.5, 0.6) is 11.8 Å². The summed E-state index contributed by atoms with van der Waals surface area (Å²) in [7, 11) is 0. The van der Waals surface area contributed by atoms with Gasteiger partial charge in [-0.1, -0.05) is 54.1 Å². The van der Waals surface area contributed by atoms with Crippen LogP contribution >= 0.6 is 11.6 Å². The number of hydrogen-bond donors (Lipinski definition) is 2. The Morgan fingerprint density at radius 3 is 2.40 bits per heavy atom. The van der Waals surface area contributed by atoms with Crippen molar-refractivity contribution in [2.75, 3.05) is 0 Å². The molecule has 4 aromatic carbocycles. The lowest BCUT2D eigenvalue weighted by molar-refractivity contribution is 0.0696. The zero-order valence-corrected chi connectivity index (χ0v) is 19.2. The first-order valence-corrected chi connectivity index (χ1v) is 11.0. The van der Waals surface area contributed by atoms with Crippen molar-refractivity contribution in [3.8, 4) is 34.0 Å². The van der Waals surface area contributed by atoms with E-state index < -0.39 is 5.97 Å². The number of aromatic carboxylic acids is 1. The van der Waals surface area contributed by atoms with Gasteiger partial charge in [0.05, 0.1) is 21.6 Å². The van der Waals surface area contributed by atoms with E-state index in [9.17, 15) is 14.8 Å². The fraction of sp³-hybridized carbons (Fsp3) is 0.0370. The number of carboxylic acid groups (broad SMARTS) is 1. The maximum atomic E-state index is 11.3. The van der Waals surface area contributed by atoms with Gasteiger partial charge in [0.1, 0.15) is 11.4 Å². The minimum Gasteiger partial charge on any atom is -0.478 e. The number of carbonyl (C=O) groups is 1. The van der Waals surface area contributed by atoms with Gasteiger partial charge in [0.15, 0.2) is 0 Å². The van der Waals surface area contributed by atoms with E-state index in [0.717, 1.165) is 27.8 Å². The van der Waals surface area contributed by atoms with Crippen LogP contribution in [0.3, 0.4) is 0 Å². The number of ether oxygens (including phenoxy) is 1. The smallest absolute Gasteiger partial charge is 0.335 e. The molecule has 1 aromatic heterocycles. The minimum atomic E-state index is -1.03. The van der Waals surface area contributed by atoms with Crippen LogP contribution in [0.1, 0.15) is 15.9 Å². The zero-order chi connectivity index (χ0) is 24.5. The average molecular weight is 484 g/mol. The Labute approximate surface area is 205 Å². The van der Waals surface area contributed by atoms with Gasteiger partial charge in [-0.2, -0.15) is 4.98 Å². The largest absolute Gasteiger partial charge is 0.478 e. The van der Waals surface area contributed by atoms with Gasteiger partial charge < -0.3 is 14.8 Å². The first kappa shape index (κ1) is 22.3. The molecule has 5 aromatic rings. The molecule has 0 amide bonds. The van der Waals surface area contributed by atoms with Gasteiger partial charge in [0.2, 0.25) is 0 Å². The normalized spacial score (nSPS) is 10.9. The molecular formula is C27H18ClN3O4. The SMILES string of the molecule is Cc1cc(Oc2nc3cc(-c4ccc(-c5ccccc5N=O)cc4)c(Cl)cc3[nH]2)cc(C(=O)O)c1. The first-order valence-electron chi connectivity index (χ1n) is 10.7. The van der Waals surface area contributed by atoms with Gasteiger partial charge in [-0.25, -0.2) is 4.79 Å². The van der Waals surface area contributed by atoms with Crippen molar-refractivity contribution in [1.29, 1.82) is 0 Å². The van der Waals surface area contributed by atoms with Crippen LogP contribution in [0.2, 0.25) is 5.02 Å². The predicted molar refractivity (Wildman–Crippen MR) is 136 cm³/mol. The summed E-state index contributed by atoms with van der Waals surface area (Å²) in [4.78, 5) is 30.0. The second kappa shape index (κ2) is 9.04. The van der Waals surface area contributed by atoms with Crippen LogP contribution in [0, 0.1) is 11.8 Å². The number of hydrogen-bond acceptors (Lipinski definition) is 5. The molecule has 0 spiro atoms. The summed E-state index contributed by atoms with van der Waals surface area (Å²) < 4.78 is 5.80. The van der Waals surface area contributed by atoms with E-state index in [1.807, 2.05) is 42.5 Å². The van der Waals surface area contributed by atoms with Gasteiger partial charge in [0, 0.05) is 11.1 Å². The number of nitrogens with zero attached hydrogens (tertiary/aromatic N) is 2. The van der Waals surface area contributed by atoms with Gasteiger partial charge in [0.25, 0.3) is 6.01 Å². The first-order chi connectivity index (χ1) is 16.9. The summed E-state index contributed by atoms with van der Waals surface area (Å²) in [5.74, 6) is -0.662. The standard InChI is InChI=1S/C27H18ClN3O4/c1-15-10-18(26(32)33)12-19(11-15)35-27-29-24-13-21(22(28)14-25(24)30-27)17-8-6-16(7-9-17)20-4-2-3-5-23(20)31-34/h2-14H,1H3,(H,29,30)(H,32,33). The third-order valence-corrected chi connectivity index (χ3v) is 5.88. The number of carboxylic acids is 1. The highest BCUT2D eigenvalue weighted by Crippen LogP contribution is 2.36. The van der Waals surface area contributed by atoms with Crippen molar-refractivity contribution < 1.29 is 14.6 Å². The molecular weight excluding hydrogens is 466 g/mol. The topological polar surface area (TPSA) is 105 Å². The van der Waals surface area contributed by atoms with Gasteiger partial charge >= 0.3 is 5.97 Å². The molecule has 0 aliphatic carbocycles. The van der Waals surface area contributed by atoms with Crippen LogP contribution in [0.25, 0.3) is 33.3 Å². The molecule has 0 aliphatic rings. The van der Waals surface area contributed by atoms with E-state index in [2.05, 4.69) is 15.1 Å². The number of benzene rings is 4. The van der Waals surface area contributed by atoms with Gasteiger partial charge in [-0.05, 0) is 65.2 Å². The lowest BCUT2D eigenvalue weighted by Crippen LogP contribution is -1.98. The number of aromatic amines is 1. The van der Waals surface area contributed by atoms with Crippen molar-refractivity contribution in [3.05, 3.63) is 99.9 Å². The third kappa shape index (κ3) is 4.49. The Morgan fingerprint density at radius 1 is 0.971 bits per heavy atom. The molecule has 0 radical (unpaired) electrons. The lowest BCUT2D eigenvalue weighted by Gasteiger charge is -2.08. The molecule has 8 heteroatoms. The number of aryl methyl sites for hydroxylation is 1. The quantitative estimate of drug-likeness (QED) is 0.240. The fourth-order valence-corrected chi connectivity index (χ4v) is 4.22. The molecule has 0 unspecified atom stereocenters. The Bertz CT molecular complexity index is 1590. The lowest BCUT2D eigenvalue weighted by atomic mass is 9.99. The van der Waals surface area contributed by atoms with Crippen molar-refractivity contribution in [2.45, 2.75) is 6.92 Å². The molecule has 7 nitrogen and oxygen atoms in total. The van der Waals surface area contributed by atoms with Crippen LogP contribution in [0.15, 0.2) is 84.0 Å². The molecule has 5 rings (SSSR count). The summed E-state index contributed by atoms with van der Waals surface area (Å²) in [6.45, 7) is 1.79. The molecule has 35 heavy (non-hydrogen) atoms. The van der Waals surface area contributed by atoms with E-state index >= 15 is 0 Å². The fourth-order valence-electron chi connectivity index (χ4n) is 3.95. The van der Waals surface area contributed by atoms with Crippen molar-refractivity contribution in [2.24, 2.45) is 5.18 Å². The highest BCUT2D eigenvalue weighted by molar-refractivity contribution is 6.34. The van der Waals surface area contributed by atoms with Crippen LogP contribution in [-0.2, 0) is 0 Å². The van der Waals surface area contributed by atoms with E-state index in [1.165, 1.54) is 6.07 Å². The third-order valence-electron chi connectivity index (χ3n) is 5.57. The van der Waals surface area contributed by atoms with Crippen molar-refractivity contribution >= 4 is 34.3 Å². The monoisotopic (exact) mass is 483 g/mol. The molecule has 0 atom stereocenters. The van der Waals surface area contributed by atoms with E-state index in [-0.39, 0.29) is 11.6 Å². The van der Waals surface area contributed by atoms with Gasteiger partial charge in [-0.15, -0.1) is 4.91 Å². The maximum Gasteiger partial charge on any atom is 0.335 e. The summed E-state index contributed by atoms with van der Waals surface area (Å²) in [5, 5.41) is 12.9. The summed E-state index contributed by atoms with van der Waals surface area (Å²) in [6.07, 6.45) is 0. The number of imidazole rings is 1. The van der Waals surface area contributed by atoms with Gasteiger partial charge in [-0.3, -0.25) is 0 Å². The molecule has 0 fully saturated rings. The average Bonchev–Trinajstić information content (AvgIpc) is 3.24. The highest BCUT2D eigenvalue weighted by atomic mass is 35.5. The highest BCUT2D eigenvalue weighted by Gasteiger charge is 2.13. The number of aromatic nitrogens is 2. The Morgan fingerprint density at radius 2 is 1.69 bits per heavy atom. The van der Waals surface area contributed by atoms with Crippen molar-refractivity contribution in [1.82, 2.24) is 9.97 Å². The number of nitroso groups, excluding NO2 is 1. The van der Waals surface area contributed by atoms with Crippen molar-refractivity contribution in [3.63, 3.8) is 0 Å². The molecule has 0 saturated heterocycles. The minimum absolute atomic E-state index is 0.136. The van der Waals surface area contributed by atoms with Crippen LogP contribution in [0.4, 0.5) is 5.69 Å². The Hall–Kier alpha value is -4.49. The second-order valence-electron chi connectivity index (χ2n) is 8.02. The number of fused-ring (bicyclic) bond motifs is 1. The predicted octanol–water partition coefficient (Wildman–Crippen LogP) is 7.75. The molecule has 0 bridgehead atoms. The Kier molecular flexibility index (Phi) is 5.76. The van der Waals surface area contributed by atoms with Crippen LogP contribution in [-0.4, -0.2) is 21.0 Å². The number of H-pyrrole nitrogens is 1.